The quantitative estimate of drug-likeness (QED) is 0.663. The predicted octanol–water partition coefficient (Wildman–Crippen LogP) is 4.60. The van der Waals surface area contributed by atoms with E-state index in [1.54, 1.807) is 0 Å². The average molecular weight is 384 g/mol. The summed E-state index contributed by atoms with van der Waals surface area (Å²) < 4.78 is 3.06. The van der Waals surface area contributed by atoms with Crippen molar-refractivity contribution in [3.8, 4) is 5.69 Å². The van der Waals surface area contributed by atoms with Crippen LogP contribution in [0.2, 0.25) is 0 Å². The Labute approximate surface area is 149 Å². The molecule has 0 radical (unpaired) electrons. The number of urea groups is 1. The summed E-state index contributed by atoms with van der Waals surface area (Å²) in [5.74, 6) is 0. The van der Waals surface area contributed by atoms with Gasteiger partial charge in [-0.05, 0) is 60.5 Å². The largest absolute Gasteiger partial charge is 0.338 e. The second-order valence-electron chi connectivity index (χ2n) is 5.40. The molecule has 4 nitrogen and oxygen atoms in total. The fourth-order valence-corrected chi connectivity index (χ4v) is 2.86. The highest BCUT2D eigenvalue weighted by molar-refractivity contribution is 9.10. The summed E-state index contributed by atoms with van der Waals surface area (Å²) in [6.07, 6.45) is 4.76. The molecular formula is C19H18BrN3O. The zero-order valence-electron chi connectivity index (χ0n) is 13.1. The van der Waals surface area contributed by atoms with Crippen molar-refractivity contribution in [2.45, 2.75) is 6.42 Å². The van der Waals surface area contributed by atoms with Gasteiger partial charge < -0.3 is 15.2 Å². The first-order valence-corrected chi connectivity index (χ1v) is 8.53. The molecule has 0 unspecified atom stereocenters. The lowest BCUT2D eigenvalue weighted by Crippen LogP contribution is -2.30. The number of rotatable bonds is 5. The fourth-order valence-electron chi connectivity index (χ4n) is 2.41. The van der Waals surface area contributed by atoms with Gasteiger partial charge in [0.25, 0.3) is 0 Å². The summed E-state index contributed by atoms with van der Waals surface area (Å²) in [6.45, 7) is 0.587. The molecule has 122 valence electrons. The average Bonchev–Trinajstić information content (AvgIpc) is 3.10. The van der Waals surface area contributed by atoms with Gasteiger partial charge >= 0.3 is 6.03 Å². The van der Waals surface area contributed by atoms with Crippen LogP contribution in [0.3, 0.4) is 0 Å². The zero-order valence-corrected chi connectivity index (χ0v) is 14.7. The summed E-state index contributed by atoms with van der Waals surface area (Å²) in [4.78, 5) is 11.9. The number of nitrogens with zero attached hydrogens (tertiary/aromatic N) is 1. The van der Waals surface area contributed by atoms with E-state index in [0.717, 1.165) is 22.3 Å². The van der Waals surface area contributed by atoms with Crippen LogP contribution in [0.15, 0.2) is 77.5 Å². The molecule has 0 atom stereocenters. The third-order valence-electron chi connectivity index (χ3n) is 3.62. The smallest absolute Gasteiger partial charge is 0.319 e. The number of carbonyl (C=O) groups excluding carboxylic acids is 1. The molecule has 24 heavy (non-hydrogen) atoms. The Morgan fingerprint density at radius 1 is 1.00 bits per heavy atom. The molecule has 1 heterocycles. The number of benzene rings is 2. The van der Waals surface area contributed by atoms with Crippen molar-refractivity contribution in [1.82, 2.24) is 9.88 Å². The van der Waals surface area contributed by atoms with Crippen molar-refractivity contribution in [2.24, 2.45) is 0 Å². The number of anilines is 1. The molecule has 0 saturated carbocycles. The highest BCUT2D eigenvalue weighted by Gasteiger charge is 2.02. The lowest BCUT2D eigenvalue weighted by molar-refractivity contribution is 0.252. The minimum atomic E-state index is -0.196. The molecule has 1 aromatic heterocycles. The van der Waals surface area contributed by atoms with E-state index in [9.17, 15) is 4.79 Å². The third kappa shape index (κ3) is 4.49. The molecule has 0 spiro atoms. The van der Waals surface area contributed by atoms with Crippen molar-refractivity contribution in [3.63, 3.8) is 0 Å². The Morgan fingerprint density at radius 3 is 2.46 bits per heavy atom. The normalized spacial score (nSPS) is 10.4. The first kappa shape index (κ1) is 16.3. The van der Waals surface area contributed by atoms with Crippen LogP contribution in [0.4, 0.5) is 10.5 Å². The van der Waals surface area contributed by atoms with E-state index in [-0.39, 0.29) is 6.03 Å². The van der Waals surface area contributed by atoms with Crippen molar-refractivity contribution in [3.05, 3.63) is 83.1 Å². The van der Waals surface area contributed by atoms with Crippen molar-refractivity contribution in [2.75, 3.05) is 11.9 Å². The van der Waals surface area contributed by atoms with Gasteiger partial charge in [-0.25, -0.2) is 4.79 Å². The Kier molecular flexibility index (Phi) is 5.33. The van der Waals surface area contributed by atoms with Gasteiger partial charge in [-0.1, -0.05) is 28.1 Å². The van der Waals surface area contributed by atoms with Crippen LogP contribution in [-0.2, 0) is 6.42 Å². The Balaban J connectivity index is 1.48. The third-order valence-corrected chi connectivity index (χ3v) is 4.11. The fraction of sp³-hybridized carbons (Fsp3) is 0.105. The molecule has 3 rings (SSSR count). The van der Waals surface area contributed by atoms with Gasteiger partial charge in [0.05, 0.1) is 0 Å². The monoisotopic (exact) mass is 383 g/mol. The molecule has 0 aliphatic rings. The number of aromatic nitrogens is 1. The molecule has 2 aromatic carbocycles. The number of halogens is 1. The van der Waals surface area contributed by atoms with Crippen molar-refractivity contribution in [1.29, 1.82) is 0 Å². The first-order chi connectivity index (χ1) is 11.7. The second-order valence-corrected chi connectivity index (χ2v) is 6.31. The van der Waals surface area contributed by atoms with Crippen LogP contribution in [0, 0.1) is 0 Å². The van der Waals surface area contributed by atoms with E-state index in [1.165, 1.54) is 5.56 Å². The maximum atomic E-state index is 11.9. The van der Waals surface area contributed by atoms with Gasteiger partial charge in [0, 0.05) is 34.8 Å². The van der Waals surface area contributed by atoms with Crippen LogP contribution in [0.5, 0.6) is 0 Å². The number of hydrogen-bond acceptors (Lipinski definition) is 1. The van der Waals surface area contributed by atoms with Crippen molar-refractivity contribution >= 4 is 27.6 Å². The lowest BCUT2D eigenvalue weighted by Gasteiger charge is -2.09. The van der Waals surface area contributed by atoms with Gasteiger partial charge in [-0.2, -0.15) is 0 Å². The Morgan fingerprint density at radius 2 is 1.75 bits per heavy atom. The number of carbonyl (C=O) groups is 1. The van der Waals surface area contributed by atoms with Crippen LogP contribution >= 0.6 is 15.9 Å². The summed E-state index contributed by atoms with van der Waals surface area (Å²) in [6, 6.07) is 19.6. The maximum Gasteiger partial charge on any atom is 0.319 e. The van der Waals surface area contributed by atoms with E-state index in [4.69, 9.17) is 0 Å². The summed E-state index contributed by atoms with van der Waals surface area (Å²) in [7, 11) is 0. The van der Waals surface area contributed by atoms with E-state index in [2.05, 4.69) is 32.6 Å². The summed E-state index contributed by atoms with van der Waals surface area (Å²) >= 11 is 3.45. The van der Waals surface area contributed by atoms with Crippen LogP contribution in [-0.4, -0.2) is 17.1 Å². The van der Waals surface area contributed by atoms with Crippen LogP contribution in [0.1, 0.15) is 5.56 Å². The Bertz CT molecular complexity index is 798. The molecule has 3 aromatic rings. The molecule has 0 bridgehead atoms. The predicted molar refractivity (Wildman–Crippen MR) is 101 cm³/mol. The van der Waals surface area contributed by atoms with Crippen LogP contribution in [0.25, 0.3) is 5.69 Å². The lowest BCUT2D eigenvalue weighted by atomic mass is 10.1. The van der Waals surface area contributed by atoms with E-state index in [1.807, 2.05) is 71.6 Å². The topological polar surface area (TPSA) is 46.1 Å². The standard InChI is InChI=1S/C19H18BrN3O/c20-16-5-3-4-15(14-16)10-11-21-19(24)22-17-6-8-18(9-7-17)23-12-1-2-13-23/h1-9,12-14H,10-11H2,(H2,21,22,24). The zero-order chi connectivity index (χ0) is 16.8. The molecule has 2 N–H and O–H groups in total. The van der Waals surface area contributed by atoms with E-state index >= 15 is 0 Å². The van der Waals surface area contributed by atoms with E-state index in [0.29, 0.717) is 6.54 Å². The van der Waals surface area contributed by atoms with Gasteiger partial charge in [0.15, 0.2) is 0 Å². The molecule has 0 fully saturated rings. The van der Waals surface area contributed by atoms with Crippen molar-refractivity contribution < 1.29 is 4.79 Å². The van der Waals surface area contributed by atoms with E-state index < -0.39 is 0 Å². The number of hydrogen-bond donors (Lipinski definition) is 2. The molecule has 5 heteroatoms. The first-order valence-electron chi connectivity index (χ1n) is 7.73. The van der Waals surface area contributed by atoms with Gasteiger partial charge in [-0.15, -0.1) is 0 Å². The SMILES string of the molecule is O=C(NCCc1cccc(Br)c1)Nc1ccc(-n2cccc2)cc1. The second kappa shape index (κ2) is 7.84. The van der Waals surface area contributed by atoms with Gasteiger partial charge in [0.2, 0.25) is 0 Å². The molecule has 0 aliphatic carbocycles. The van der Waals surface area contributed by atoms with Gasteiger partial charge in [0.1, 0.15) is 0 Å². The minimum Gasteiger partial charge on any atom is -0.338 e. The number of amides is 2. The van der Waals surface area contributed by atoms with Crippen LogP contribution < -0.4 is 10.6 Å². The minimum absolute atomic E-state index is 0.196. The van der Waals surface area contributed by atoms with Gasteiger partial charge in [-0.3, -0.25) is 0 Å². The maximum absolute atomic E-state index is 11.9. The molecule has 2 amide bonds. The summed E-state index contributed by atoms with van der Waals surface area (Å²) in [5.41, 5.74) is 3.01. The highest BCUT2D eigenvalue weighted by atomic mass is 79.9. The molecule has 0 saturated heterocycles. The highest BCUT2D eigenvalue weighted by Crippen LogP contribution is 2.14. The number of nitrogens with one attached hydrogen (secondary N) is 2. The molecule has 0 aliphatic heterocycles. The molecular weight excluding hydrogens is 366 g/mol. The summed E-state index contributed by atoms with van der Waals surface area (Å²) in [5, 5.41) is 5.71. The Hall–Kier alpha value is -2.53.